The topological polar surface area (TPSA) is 83.6 Å². The standard InChI is InChI=1S/C14H24N2O3/c1-9(14(18)19)12-7-16(8-12)13(17)11-4-2-10(6-15)3-5-11/h9-12H,2-8,15H2,1H3,(H,18,19). The Hall–Kier alpha value is -1.10. The fourth-order valence-corrected chi connectivity index (χ4v) is 3.11. The predicted octanol–water partition coefficient (Wildman–Crippen LogP) is 0.931. The van der Waals surface area contributed by atoms with Gasteiger partial charge in [0.05, 0.1) is 5.92 Å². The van der Waals surface area contributed by atoms with Gasteiger partial charge in [-0.2, -0.15) is 0 Å². The molecule has 0 spiro atoms. The molecule has 1 saturated carbocycles. The van der Waals surface area contributed by atoms with Crippen LogP contribution in [0.25, 0.3) is 0 Å². The van der Waals surface area contributed by atoms with Crippen LogP contribution in [0.3, 0.4) is 0 Å². The van der Waals surface area contributed by atoms with Crippen LogP contribution in [0, 0.1) is 23.7 Å². The lowest BCUT2D eigenvalue weighted by Gasteiger charge is -2.43. The average Bonchev–Trinajstić information content (AvgIpc) is 2.36. The molecule has 0 aromatic rings. The van der Waals surface area contributed by atoms with Crippen LogP contribution in [0.2, 0.25) is 0 Å². The van der Waals surface area contributed by atoms with Gasteiger partial charge in [-0.25, -0.2) is 0 Å². The van der Waals surface area contributed by atoms with Crippen LogP contribution in [0.1, 0.15) is 32.6 Å². The summed E-state index contributed by atoms with van der Waals surface area (Å²) in [5, 5.41) is 8.93. The molecule has 1 amide bonds. The van der Waals surface area contributed by atoms with Gasteiger partial charge in [0.25, 0.3) is 0 Å². The van der Waals surface area contributed by atoms with Crippen molar-refractivity contribution in [2.75, 3.05) is 19.6 Å². The summed E-state index contributed by atoms with van der Waals surface area (Å²) in [6, 6.07) is 0. The third-order valence-corrected chi connectivity index (χ3v) is 4.85. The van der Waals surface area contributed by atoms with E-state index in [1.807, 2.05) is 4.90 Å². The number of amides is 1. The summed E-state index contributed by atoms with van der Waals surface area (Å²) in [5.41, 5.74) is 5.65. The number of carboxylic acid groups (broad SMARTS) is 1. The van der Waals surface area contributed by atoms with E-state index in [4.69, 9.17) is 10.8 Å². The van der Waals surface area contributed by atoms with E-state index in [1.165, 1.54) is 0 Å². The SMILES string of the molecule is CC(C(=O)O)C1CN(C(=O)C2CCC(CN)CC2)C1. The van der Waals surface area contributed by atoms with Crippen molar-refractivity contribution in [2.24, 2.45) is 29.4 Å². The number of carboxylic acids is 1. The predicted molar refractivity (Wildman–Crippen MR) is 71.4 cm³/mol. The summed E-state index contributed by atoms with van der Waals surface area (Å²) in [7, 11) is 0. The summed E-state index contributed by atoms with van der Waals surface area (Å²) in [6.07, 6.45) is 3.98. The van der Waals surface area contributed by atoms with Gasteiger partial charge in [-0.15, -0.1) is 0 Å². The van der Waals surface area contributed by atoms with Gasteiger partial charge in [0.2, 0.25) is 5.91 Å². The second-order valence-corrected chi connectivity index (χ2v) is 6.08. The largest absolute Gasteiger partial charge is 0.481 e. The van der Waals surface area contributed by atoms with Crippen molar-refractivity contribution in [3.05, 3.63) is 0 Å². The van der Waals surface area contributed by atoms with Crippen molar-refractivity contribution in [3.63, 3.8) is 0 Å². The maximum atomic E-state index is 12.3. The minimum Gasteiger partial charge on any atom is -0.481 e. The van der Waals surface area contributed by atoms with Crippen molar-refractivity contribution < 1.29 is 14.7 Å². The van der Waals surface area contributed by atoms with E-state index < -0.39 is 5.97 Å². The number of carbonyl (C=O) groups is 2. The van der Waals surface area contributed by atoms with Gasteiger partial charge in [-0.3, -0.25) is 9.59 Å². The normalized spacial score (nSPS) is 29.7. The van der Waals surface area contributed by atoms with E-state index in [0.717, 1.165) is 32.2 Å². The Morgan fingerprint density at radius 2 is 1.84 bits per heavy atom. The van der Waals surface area contributed by atoms with Crippen LogP contribution in [-0.4, -0.2) is 41.5 Å². The zero-order valence-electron chi connectivity index (χ0n) is 11.5. The first kappa shape index (κ1) is 14.3. The molecule has 1 saturated heterocycles. The summed E-state index contributed by atoms with van der Waals surface area (Å²) in [6.45, 7) is 3.68. The zero-order valence-corrected chi connectivity index (χ0v) is 11.5. The summed E-state index contributed by atoms with van der Waals surface area (Å²) >= 11 is 0. The first-order valence-corrected chi connectivity index (χ1v) is 7.24. The number of aliphatic carboxylic acids is 1. The highest BCUT2D eigenvalue weighted by Gasteiger charge is 2.39. The highest BCUT2D eigenvalue weighted by atomic mass is 16.4. The summed E-state index contributed by atoms with van der Waals surface area (Å²) in [4.78, 5) is 25.0. The number of carbonyl (C=O) groups excluding carboxylic acids is 1. The molecule has 3 N–H and O–H groups in total. The van der Waals surface area contributed by atoms with Crippen molar-refractivity contribution >= 4 is 11.9 Å². The number of nitrogens with two attached hydrogens (primary N) is 1. The molecule has 5 nitrogen and oxygen atoms in total. The van der Waals surface area contributed by atoms with E-state index in [-0.39, 0.29) is 23.7 Å². The van der Waals surface area contributed by atoms with Gasteiger partial charge in [0.15, 0.2) is 0 Å². The molecular formula is C14H24N2O3. The maximum Gasteiger partial charge on any atom is 0.306 e. The maximum absolute atomic E-state index is 12.3. The molecule has 2 rings (SSSR count). The number of nitrogens with zero attached hydrogens (tertiary/aromatic N) is 1. The van der Waals surface area contributed by atoms with Crippen molar-refractivity contribution in [1.82, 2.24) is 4.90 Å². The molecule has 1 aliphatic heterocycles. The molecule has 1 heterocycles. The molecule has 1 atom stereocenters. The van der Waals surface area contributed by atoms with Gasteiger partial charge < -0.3 is 15.7 Å². The lowest BCUT2D eigenvalue weighted by atomic mass is 9.79. The molecule has 0 radical (unpaired) electrons. The van der Waals surface area contributed by atoms with E-state index in [0.29, 0.717) is 19.0 Å². The van der Waals surface area contributed by atoms with Crippen molar-refractivity contribution in [2.45, 2.75) is 32.6 Å². The molecule has 2 fully saturated rings. The Bertz CT molecular complexity index is 345. The quantitative estimate of drug-likeness (QED) is 0.794. The molecule has 19 heavy (non-hydrogen) atoms. The Labute approximate surface area is 114 Å². The van der Waals surface area contributed by atoms with Gasteiger partial charge in [0, 0.05) is 24.9 Å². The number of likely N-dealkylation sites (tertiary alicyclic amines) is 1. The van der Waals surface area contributed by atoms with E-state index >= 15 is 0 Å². The fraction of sp³-hybridized carbons (Fsp3) is 0.857. The smallest absolute Gasteiger partial charge is 0.306 e. The lowest BCUT2D eigenvalue weighted by molar-refractivity contribution is -0.153. The van der Waals surface area contributed by atoms with Crippen molar-refractivity contribution in [3.8, 4) is 0 Å². The summed E-state index contributed by atoms with van der Waals surface area (Å²) in [5.74, 6) is -0.0344. The van der Waals surface area contributed by atoms with Gasteiger partial charge in [-0.05, 0) is 38.1 Å². The monoisotopic (exact) mass is 268 g/mol. The molecule has 0 aromatic heterocycles. The fourth-order valence-electron chi connectivity index (χ4n) is 3.11. The lowest BCUT2D eigenvalue weighted by Crippen LogP contribution is -2.55. The number of hydrogen-bond acceptors (Lipinski definition) is 3. The molecule has 5 heteroatoms. The van der Waals surface area contributed by atoms with Crippen LogP contribution in [-0.2, 0) is 9.59 Å². The van der Waals surface area contributed by atoms with Crippen LogP contribution in [0.5, 0.6) is 0 Å². The highest BCUT2D eigenvalue weighted by molar-refractivity contribution is 5.80. The Morgan fingerprint density at radius 1 is 1.26 bits per heavy atom. The van der Waals surface area contributed by atoms with Crippen LogP contribution >= 0.6 is 0 Å². The van der Waals surface area contributed by atoms with Crippen LogP contribution in [0.4, 0.5) is 0 Å². The van der Waals surface area contributed by atoms with Gasteiger partial charge in [-0.1, -0.05) is 6.92 Å². The Morgan fingerprint density at radius 3 is 2.32 bits per heavy atom. The van der Waals surface area contributed by atoms with Gasteiger partial charge in [0.1, 0.15) is 0 Å². The molecular weight excluding hydrogens is 244 g/mol. The third-order valence-electron chi connectivity index (χ3n) is 4.85. The Balaban J connectivity index is 1.76. The van der Waals surface area contributed by atoms with Crippen LogP contribution < -0.4 is 5.73 Å². The average molecular weight is 268 g/mol. The van der Waals surface area contributed by atoms with E-state index in [9.17, 15) is 9.59 Å². The molecule has 0 bridgehead atoms. The molecule has 108 valence electrons. The Kier molecular flexibility index (Phi) is 4.45. The minimum absolute atomic E-state index is 0.127. The molecule has 0 aromatic carbocycles. The van der Waals surface area contributed by atoms with Crippen molar-refractivity contribution in [1.29, 1.82) is 0 Å². The molecule has 1 aliphatic carbocycles. The molecule has 1 unspecified atom stereocenters. The first-order valence-electron chi connectivity index (χ1n) is 7.24. The van der Waals surface area contributed by atoms with E-state index in [2.05, 4.69) is 0 Å². The molecule has 2 aliphatic rings. The zero-order chi connectivity index (χ0) is 14.0. The van der Waals surface area contributed by atoms with Crippen LogP contribution in [0.15, 0.2) is 0 Å². The number of hydrogen-bond donors (Lipinski definition) is 2. The third kappa shape index (κ3) is 3.08. The minimum atomic E-state index is -0.763. The van der Waals surface area contributed by atoms with Gasteiger partial charge >= 0.3 is 5.97 Å². The second kappa shape index (κ2) is 5.90. The van der Waals surface area contributed by atoms with E-state index in [1.54, 1.807) is 6.92 Å². The number of rotatable bonds is 4. The first-order chi connectivity index (χ1) is 9.02. The second-order valence-electron chi connectivity index (χ2n) is 6.08. The highest BCUT2D eigenvalue weighted by Crippen LogP contribution is 2.32. The summed E-state index contributed by atoms with van der Waals surface area (Å²) < 4.78 is 0.